The molecule has 0 amide bonds. The lowest BCUT2D eigenvalue weighted by molar-refractivity contribution is -0.139. The van der Waals surface area contributed by atoms with Crippen LogP contribution >= 0.6 is 12.2 Å². The first-order valence-electron chi connectivity index (χ1n) is 7.13. The average Bonchev–Trinajstić information content (AvgIpc) is 2.56. The van der Waals surface area contributed by atoms with E-state index < -0.39 is 12.0 Å². The van der Waals surface area contributed by atoms with Crippen LogP contribution in [0, 0.1) is 0 Å². The van der Waals surface area contributed by atoms with Crippen molar-refractivity contribution in [1.29, 1.82) is 0 Å². The summed E-state index contributed by atoms with van der Waals surface area (Å²) in [7, 11) is 0. The lowest BCUT2D eigenvalue weighted by atomic mass is 10.0. The Balaban J connectivity index is 2.01. The zero-order valence-electron chi connectivity index (χ0n) is 12.6. The third-order valence-corrected chi connectivity index (χ3v) is 3.53. The normalized spacial score (nSPS) is 11.5. The van der Waals surface area contributed by atoms with Crippen LogP contribution < -0.4 is 5.32 Å². The summed E-state index contributed by atoms with van der Waals surface area (Å²) in [5, 5.41) is 33.4. The molecular weight excluding hydrogens is 328 g/mol. The van der Waals surface area contributed by atoms with Crippen LogP contribution in [0.2, 0.25) is 0 Å². The average molecular weight is 344 g/mol. The highest BCUT2D eigenvalue weighted by molar-refractivity contribution is 7.78. The fraction of sp³-hybridized carbons (Fsp3) is 0.176. The summed E-state index contributed by atoms with van der Waals surface area (Å²) in [4.78, 5) is 15.3. The number of aromatic hydroxyl groups is 2. The van der Waals surface area contributed by atoms with Crippen molar-refractivity contribution >= 4 is 29.0 Å². The van der Waals surface area contributed by atoms with Crippen LogP contribution in [0.4, 0.5) is 5.69 Å². The van der Waals surface area contributed by atoms with Crippen LogP contribution in [0.3, 0.4) is 0 Å². The fourth-order valence-corrected chi connectivity index (χ4v) is 2.27. The van der Waals surface area contributed by atoms with Crippen LogP contribution in [0.1, 0.15) is 11.1 Å². The second-order valence-electron chi connectivity index (χ2n) is 5.17. The Hall–Kier alpha value is -2.73. The van der Waals surface area contributed by atoms with Crippen LogP contribution in [0.5, 0.6) is 11.5 Å². The van der Waals surface area contributed by atoms with Crippen molar-refractivity contribution in [2.24, 2.45) is 4.99 Å². The van der Waals surface area contributed by atoms with Gasteiger partial charge in [0.05, 0.1) is 10.8 Å². The van der Waals surface area contributed by atoms with Crippen molar-refractivity contribution < 1.29 is 20.1 Å². The quantitative estimate of drug-likeness (QED) is 0.350. The monoisotopic (exact) mass is 344 g/mol. The Morgan fingerprint density at radius 3 is 2.38 bits per heavy atom. The van der Waals surface area contributed by atoms with Gasteiger partial charge in [0.15, 0.2) is 11.5 Å². The summed E-state index contributed by atoms with van der Waals surface area (Å²) in [5.74, 6) is -1.51. The maximum atomic E-state index is 11.4. The number of benzene rings is 2. The Labute approximate surface area is 144 Å². The standard InChI is InChI=1S/C17H16N2O4S/c20-15-6-3-12(8-16(15)21)7-14(17(22)23)18-9-11-1-4-13(5-2-11)19-10-24/h1-6,8,14,18,20-21H,7,9H2,(H,22,23)/t14-/m0/s1. The first-order chi connectivity index (χ1) is 11.5. The van der Waals surface area contributed by atoms with Crippen molar-refractivity contribution in [3.8, 4) is 11.5 Å². The Morgan fingerprint density at radius 2 is 1.79 bits per heavy atom. The van der Waals surface area contributed by atoms with E-state index in [9.17, 15) is 20.1 Å². The van der Waals surface area contributed by atoms with E-state index in [0.29, 0.717) is 17.8 Å². The van der Waals surface area contributed by atoms with Crippen LogP contribution in [0.15, 0.2) is 47.5 Å². The number of rotatable bonds is 7. The number of carbonyl (C=O) groups is 1. The lowest BCUT2D eigenvalue weighted by Gasteiger charge is -2.15. The van der Waals surface area contributed by atoms with Gasteiger partial charge in [-0.3, -0.25) is 4.79 Å². The number of carboxylic acid groups (broad SMARTS) is 1. The number of phenolic OH excluding ortho intramolecular Hbond substituents is 2. The zero-order chi connectivity index (χ0) is 17.5. The highest BCUT2D eigenvalue weighted by Gasteiger charge is 2.18. The molecule has 0 unspecified atom stereocenters. The van der Waals surface area contributed by atoms with Crippen LogP contribution in [0.25, 0.3) is 0 Å². The molecule has 7 heteroatoms. The minimum absolute atomic E-state index is 0.177. The van der Waals surface area contributed by atoms with Gasteiger partial charge >= 0.3 is 5.97 Å². The van der Waals surface area contributed by atoms with Gasteiger partial charge in [-0.15, -0.1) is 0 Å². The lowest BCUT2D eigenvalue weighted by Crippen LogP contribution is -2.38. The van der Waals surface area contributed by atoms with Gasteiger partial charge in [-0.1, -0.05) is 18.2 Å². The van der Waals surface area contributed by atoms with Gasteiger partial charge < -0.3 is 20.6 Å². The van der Waals surface area contributed by atoms with E-state index in [1.54, 1.807) is 18.2 Å². The molecule has 0 fully saturated rings. The van der Waals surface area contributed by atoms with Crippen molar-refractivity contribution in [1.82, 2.24) is 5.32 Å². The number of hydrogen-bond donors (Lipinski definition) is 4. The molecule has 0 heterocycles. The molecular formula is C17H16N2O4S. The molecule has 0 aliphatic heterocycles. The largest absolute Gasteiger partial charge is 0.504 e. The number of nitrogens with zero attached hydrogens (tertiary/aromatic N) is 1. The van der Waals surface area contributed by atoms with Gasteiger partial charge in [0.1, 0.15) is 6.04 Å². The number of hydrogen-bond acceptors (Lipinski definition) is 6. The van der Waals surface area contributed by atoms with Crippen molar-refractivity contribution in [3.63, 3.8) is 0 Å². The molecule has 124 valence electrons. The molecule has 2 rings (SSSR count). The zero-order valence-corrected chi connectivity index (χ0v) is 13.5. The van der Waals surface area contributed by atoms with Crippen LogP contribution in [-0.2, 0) is 17.8 Å². The van der Waals surface area contributed by atoms with Gasteiger partial charge in [0.2, 0.25) is 0 Å². The molecule has 4 N–H and O–H groups in total. The first-order valence-corrected chi connectivity index (χ1v) is 7.54. The maximum Gasteiger partial charge on any atom is 0.321 e. The summed E-state index contributed by atoms with van der Waals surface area (Å²) >= 11 is 4.53. The molecule has 0 spiro atoms. The Morgan fingerprint density at radius 1 is 1.12 bits per heavy atom. The number of thiocarbonyl (C=S) groups is 1. The number of isothiocyanates is 1. The maximum absolute atomic E-state index is 11.4. The van der Waals surface area contributed by atoms with E-state index in [-0.39, 0.29) is 17.9 Å². The van der Waals surface area contributed by atoms with E-state index in [2.05, 4.69) is 27.7 Å². The molecule has 6 nitrogen and oxygen atoms in total. The Bertz CT molecular complexity index is 771. The fourth-order valence-electron chi connectivity index (χ4n) is 2.16. The van der Waals surface area contributed by atoms with Gasteiger partial charge in [-0.2, -0.15) is 4.99 Å². The summed E-state index contributed by atoms with van der Waals surface area (Å²) in [6.07, 6.45) is 0.177. The first kappa shape index (κ1) is 17.6. The third kappa shape index (κ3) is 4.89. The second-order valence-corrected chi connectivity index (χ2v) is 5.35. The van der Waals surface area contributed by atoms with Gasteiger partial charge in [-0.25, -0.2) is 0 Å². The van der Waals surface area contributed by atoms with E-state index in [1.165, 1.54) is 12.1 Å². The van der Waals surface area contributed by atoms with E-state index in [4.69, 9.17) is 0 Å². The summed E-state index contributed by atoms with van der Waals surface area (Å²) in [6, 6.07) is 10.6. The van der Waals surface area contributed by atoms with Crippen molar-refractivity contribution in [2.45, 2.75) is 19.0 Å². The van der Waals surface area contributed by atoms with Gasteiger partial charge in [0.25, 0.3) is 0 Å². The molecule has 0 saturated carbocycles. The summed E-state index contributed by atoms with van der Waals surface area (Å²) in [6.45, 7) is 0.364. The number of aliphatic imine (C=N–C) groups is 1. The second kappa shape index (κ2) is 8.21. The van der Waals surface area contributed by atoms with Crippen molar-refractivity contribution in [3.05, 3.63) is 53.6 Å². The number of phenols is 2. The smallest absolute Gasteiger partial charge is 0.321 e. The number of carboxylic acids is 1. The van der Waals surface area contributed by atoms with E-state index >= 15 is 0 Å². The van der Waals surface area contributed by atoms with Crippen LogP contribution in [-0.4, -0.2) is 32.5 Å². The minimum atomic E-state index is -0.996. The number of nitrogens with one attached hydrogen (secondary N) is 1. The molecule has 0 aliphatic carbocycles. The summed E-state index contributed by atoms with van der Waals surface area (Å²) in [5.41, 5.74) is 2.19. The molecule has 2 aromatic carbocycles. The third-order valence-electron chi connectivity index (χ3n) is 3.44. The van der Waals surface area contributed by atoms with E-state index in [0.717, 1.165) is 5.56 Å². The molecule has 0 aromatic heterocycles. The highest BCUT2D eigenvalue weighted by Crippen LogP contribution is 2.25. The molecule has 24 heavy (non-hydrogen) atoms. The molecule has 0 bridgehead atoms. The van der Waals surface area contributed by atoms with Gasteiger partial charge in [0, 0.05) is 6.54 Å². The van der Waals surface area contributed by atoms with Gasteiger partial charge in [-0.05, 0) is 54.0 Å². The minimum Gasteiger partial charge on any atom is -0.504 e. The molecule has 0 radical (unpaired) electrons. The molecule has 2 aromatic rings. The Kier molecular flexibility index (Phi) is 6.03. The molecule has 0 saturated heterocycles. The predicted octanol–water partition coefficient (Wildman–Crippen LogP) is 2.62. The SMILES string of the molecule is O=C(O)[C@H](Cc1ccc(O)c(O)c1)NCc1ccc(N=C=S)cc1. The predicted molar refractivity (Wildman–Crippen MR) is 92.9 cm³/mol. The highest BCUT2D eigenvalue weighted by atomic mass is 32.1. The number of aliphatic carboxylic acids is 1. The summed E-state index contributed by atoms with van der Waals surface area (Å²) < 4.78 is 0. The molecule has 0 aliphatic rings. The van der Waals surface area contributed by atoms with E-state index in [1.807, 2.05) is 12.1 Å². The molecule has 1 atom stereocenters. The van der Waals surface area contributed by atoms with Crippen molar-refractivity contribution in [2.75, 3.05) is 0 Å². The topological polar surface area (TPSA) is 102 Å².